The van der Waals surface area contributed by atoms with Crippen LogP contribution >= 0.6 is 15.9 Å². The van der Waals surface area contributed by atoms with E-state index in [0.29, 0.717) is 41.2 Å². The molecule has 0 aliphatic rings. The molecule has 2 amide bonds. The van der Waals surface area contributed by atoms with Crippen LogP contribution in [-0.2, 0) is 9.59 Å². The Labute approximate surface area is 156 Å². The molecule has 0 spiro atoms. The van der Waals surface area contributed by atoms with Crippen LogP contribution in [-0.4, -0.2) is 49.6 Å². The highest BCUT2D eigenvalue weighted by Gasteiger charge is 2.18. The quantitative estimate of drug-likeness (QED) is 0.671. The van der Waals surface area contributed by atoms with Gasteiger partial charge in [-0.15, -0.1) is 0 Å². The van der Waals surface area contributed by atoms with E-state index in [-0.39, 0.29) is 25.0 Å². The number of nitrogens with one attached hydrogen (secondary N) is 1. The molecule has 0 aliphatic heterocycles. The highest BCUT2D eigenvalue weighted by atomic mass is 79.9. The molecule has 1 aromatic rings. The number of ether oxygens (including phenoxy) is 2. The predicted octanol–water partition coefficient (Wildman–Crippen LogP) is 2.08. The summed E-state index contributed by atoms with van der Waals surface area (Å²) in [7, 11) is 0. The number of benzene rings is 1. The van der Waals surface area contributed by atoms with Crippen molar-refractivity contribution in [2.24, 2.45) is 0 Å². The Balaban J connectivity index is 2.83. The third-order valence-electron chi connectivity index (χ3n) is 3.22. The van der Waals surface area contributed by atoms with Crippen molar-refractivity contribution in [3.63, 3.8) is 0 Å². The second-order valence-corrected chi connectivity index (χ2v) is 5.83. The lowest BCUT2D eigenvalue weighted by Crippen LogP contribution is -2.42. The third-order valence-corrected chi connectivity index (χ3v) is 3.81. The first kappa shape index (κ1) is 20.8. The molecule has 7 nitrogen and oxygen atoms in total. The number of rotatable bonds is 9. The summed E-state index contributed by atoms with van der Waals surface area (Å²) in [6.45, 7) is 6.47. The first-order valence-electron chi connectivity index (χ1n) is 8.00. The lowest BCUT2D eigenvalue weighted by Gasteiger charge is -2.21. The largest absolute Gasteiger partial charge is 0.490 e. The van der Waals surface area contributed by atoms with E-state index in [0.717, 1.165) is 0 Å². The summed E-state index contributed by atoms with van der Waals surface area (Å²) in [6, 6.07) is 5.18. The van der Waals surface area contributed by atoms with E-state index in [1.54, 1.807) is 19.1 Å². The minimum Gasteiger partial charge on any atom is -0.490 e. The van der Waals surface area contributed by atoms with Crippen LogP contribution in [0.2, 0.25) is 0 Å². The van der Waals surface area contributed by atoms with Gasteiger partial charge in [0.1, 0.15) is 0 Å². The number of amides is 2. The summed E-state index contributed by atoms with van der Waals surface area (Å²) >= 11 is 3.33. The molecule has 0 bridgehead atoms. The van der Waals surface area contributed by atoms with Crippen molar-refractivity contribution >= 4 is 27.7 Å². The summed E-state index contributed by atoms with van der Waals surface area (Å²) in [5.74, 6) is 0.205. The molecule has 0 atom stereocenters. The fraction of sp³-hybridized carbons (Fsp3) is 0.471. The average Bonchev–Trinajstić information content (AvgIpc) is 2.58. The molecule has 0 fully saturated rings. The van der Waals surface area contributed by atoms with E-state index in [4.69, 9.17) is 14.7 Å². The molecule has 25 heavy (non-hydrogen) atoms. The molecule has 0 heterocycles. The summed E-state index contributed by atoms with van der Waals surface area (Å²) < 4.78 is 11.6. The van der Waals surface area contributed by atoms with Crippen LogP contribution in [0, 0.1) is 11.3 Å². The first-order valence-corrected chi connectivity index (χ1v) is 8.79. The Bertz CT molecular complexity index is 658. The maximum atomic E-state index is 12.3. The number of carbonyl (C=O) groups excluding carboxylic acids is 2. The van der Waals surface area contributed by atoms with Gasteiger partial charge in [0, 0.05) is 19.2 Å². The van der Waals surface area contributed by atoms with Crippen LogP contribution in [0.15, 0.2) is 16.6 Å². The molecule has 136 valence electrons. The smallest absolute Gasteiger partial charge is 0.260 e. The van der Waals surface area contributed by atoms with Crippen LogP contribution in [0.5, 0.6) is 11.5 Å². The molecule has 8 heteroatoms. The minimum atomic E-state index is -0.313. The van der Waals surface area contributed by atoms with Crippen molar-refractivity contribution in [2.75, 3.05) is 32.8 Å². The SMILES string of the molecule is CCNC(=O)CN(CC)C(=O)COc1c(Br)cc(C#N)cc1OCC. The summed E-state index contributed by atoms with van der Waals surface area (Å²) in [4.78, 5) is 25.4. The normalized spacial score (nSPS) is 9.88. The molecule has 1 N–H and O–H groups in total. The minimum absolute atomic E-state index is 0.0145. The van der Waals surface area contributed by atoms with E-state index in [9.17, 15) is 9.59 Å². The van der Waals surface area contributed by atoms with Gasteiger partial charge in [-0.2, -0.15) is 5.26 Å². The first-order chi connectivity index (χ1) is 12.0. The second-order valence-electron chi connectivity index (χ2n) is 4.98. The second kappa shape index (κ2) is 10.6. The Hall–Kier alpha value is -2.27. The molecular weight excluding hydrogens is 390 g/mol. The van der Waals surface area contributed by atoms with Crippen molar-refractivity contribution in [3.8, 4) is 17.6 Å². The van der Waals surface area contributed by atoms with Gasteiger partial charge in [0.05, 0.1) is 29.3 Å². The molecule has 1 rings (SSSR count). The maximum absolute atomic E-state index is 12.3. The Morgan fingerprint density at radius 2 is 2.00 bits per heavy atom. The number of hydrogen-bond donors (Lipinski definition) is 1. The standard InChI is InChI=1S/C17H22BrN3O4/c1-4-20-15(22)10-21(5-2)16(23)11-25-17-13(18)7-12(9-19)8-14(17)24-6-3/h7-8H,4-6,10-11H2,1-3H3,(H,20,22). The monoisotopic (exact) mass is 411 g/mol. The van der Waals surface area contributed by atoms with Crippen LogP contribution in [0.25, 0.3) is 0 Å². The number of halogens is 1. The lowest BCUT2D eigenvalue weighted by molar-refractivity contribution is -0.137. The lowest BCUT2D eigenvalue weighted by atomic mass is 10.2. The van der Waals surface area contributed by atoms with E-state index >= 15 is 0 Å². The van der Waals surface area contributed by atoms with Gasteiger partial charge in [-0.1, -0.05) is 0 Å². The van der Waals surface area contributed by atoms with Gasteiger partial charge < -0.3 is 19.7 Å². The molecule has 1 aromatic carbocycles. The Kier molecular flexibility index (Phi) is 8.78. The fourth-order valence-electron chi connectivity index (χ4n) is 2.06. The molecule has 0 saturated carbocycles. The van der Waals surface area contributed by atoms with Gasteiger partial charge in [0.2, 0.25) is 5.91 Å². The number of nitriles is 1. The van der Waals surface area contributed by atoms with Crippen LogP contribution in [0.3, 0.4) is 0 Å². The highest BCUT2D eigenvalue weighted by Crippen LogP contribution is 2.36. The van der Waals surface area contributed by atoms with Crippen molar-refractivity contribution in [1.29, 1.82) is 5.26 Å². The molecular formula is C17H22BrN3O4. The predicted molar refractivity (Wildman–Crippen MR) is 96.5 cm³/mol. The maximum Gasteiger partial charge on any atom is 0.260 e. The topological polar surface area (TPSA) is 91.7 Å². The van der Waals surface area contributed by atoms with Gasteiger partial charge in [-0.3, -0.25) is 9.59 Å². The zero-order chi connectivity index (χ0) is 18.8. The van der Waals surface area contributed by atoms with Crippen LogP contribution in [0.4, 0.5) is 0 Å². The van der Waals surface area contributed by atoms with Gasteiger partial charge in [-0.05, 0) is 42.8 Å². The van der Waals surface area contributed by atoms with Crippen molar-refractivity contribution < 1.29 is 19.1 Å². The van der Waals surface area contributed by atoms with E-state index < -0.39 is 0 Å². The van der Waals surface area contributed by atoms with Gasteiger partial charge in [0.15, 0.2) is 18.1 Å². The molecule has 0 radical (unpaired) electrons. The van der Waals surface area contributed by atoms with Gasteiger partial charge >= 0.3 is 0 Å². The summed E-state index contributed by atoms with van der Waals surface area (Å²) in [5.41, 5.74) is 0.417. The third kappa shape index (κ3) is 6.27. The van der Waals surface area contributed by atoms with E-state index in [1.807, 2.05) is 19.9 Å². The zero-order valence-electron chi connectivity index (χ0n) is 14.6. The summed E-state index contributed by atoms with van der Waals surface area (Å²) in [6.07, 6.45) is 0. The zero-order valence-corrected chi connectivity index (χ0v) is 16.2. The molecule has 0 saturated heterocycles. The highest BCUT2D eigenvalue weighted by molar-refractivity contribution is 9.10. The van der Waals surface area contributed by atoms with Crippen molar-refractivity contribution in [1.82, 2.24) is 10.2 Å². The number of carbonyl (C=O) groups is 2. The van der Waals surface area contributed by atoms with E-state index in [2.05, 4.69) is 21.2 Å². The molecule has 0 unspecified atom stereocenters. The molecule has 0 aliphatic carbocycles. The average molecular weight is 412 g/mol. The van der Waals surface area contributed by atoms with Crippen LogP contribution in [0.1, 0.15) is 26.3 Å². The Morgan fingerprint density at radius 1 is 1.28 bits per heavy atom. The number of nitrogens with zero attached hydrogens (tertiary/aromatic N) is 2. The van der Waals surface area contributed by atoms with E-state index in [1.165, 1.54) is 4.90 Å². The van der Waals surface area contributed by atoms with Gasteiger partial charge in [-0.25, -0.2) is 0 Å². The van der Waals surface area contributed by atoms with Gasteiger partial charge in [0.25, 0.3) is 5.91 Å². The van der Waals surface area contributed by atoms with Crippen molar-refractivity contribution in [3.05, 3.63) is 22.2 Å². The number of likely N-dealkylation sites (N-methyl/N-ethyl adjacent to an activating group) is 2. The number of hydrogen-bond acceptors (Lipinski definition) is 5. The van der Waals surface area contributed by atoms with Crippen molar-refractivity contribution in [2.45, 2.75) is 20.8 Å². The van der Waals surface area contributed by atoms with Crippen LogP contribution < -0.4 is 14.8 Å². The fourth-order valence-corrected chi connectivity index (χ4v) is 2.62. The Morgan fingerprint density at radius 3 is 2.56 bits per heavy atom. The summed E-state index contributed by atoms with van der Waals surface area (Å²) in [5, 5.41) is 11.7. The molecule has 0 aromatic heterocycles.